The molecule has 0 radical (unpaired) electrons. The molecule has 2 atom stereocenters. The number of rotatable bonds is 5. The molecule has 250 valence electrons. The van der Waals surface area contributed by atoms with Crippen LogP contribution in [0.2, 0.25) is 0 Å². The Kier molecular flexibility index (Phi) is 7.59. The second-order valence-electron chi connectivity index (χ2n) is 12.8. The number of nitrogens with zero attached hydrogens (tertiary/aromatic N) is 7. The Labute approximate surface area is 280 Å². The molecular formula is C35H34FN9O4. The highest BCUT2D eigenvalue weighted by atomic mass is 19.1. The van der Waals surface area contributed by atoms with Gasteiger partial charge in [0.2, 0.25) is 11.3 Å². The van der Waals surface area contributed by atoms with Crippen molar-refractivity contribution >= 4 is 34.1 Å². The number of aromatic amines is 1. The quantitative estimate of drug-likeness (QED) is 0.290. The van der Waals surface area contributed by atoms with Gasteiger partial charge in [-0.05, 0) is 37.7 Å². The first-order valence-electron chi connectivity index (χ1n) is 16.2. The number of fused-ring (bicyclic) bond motifs is 1. The second-order valence-corrected chi connectivity index (χ2v) is 12.8. The lowest BCUT2D eigenvalue weighted by Crippen LogP contribution is -2.52. The fraction of sp³-hybridized carbons (Fsp3) is 0.314. The summed E-state index contributed by atoms with van der Waals surface area (Å²) in [5.41, 5.74) is 3.51. The van der Waals surface area contributed by atoms with Crippen molar-refractivity contribution in [2.75, 3.05) is 50.1 Å². The highest BCUT2D eigenvalue weighted by molar-refractivity contribution is 6.04. The van der Waals surface area contributed by atoms with E-state index in [4.69, 9.17) is 4.74 Å². The van der Waals surface area contributed by atoms with E-state index in [9.17, 15) is 14.4 Å². The summed E-state index contributed by atoms with van der Waals surface area (Å²) in [6, 6.07) is 7.25. The number of likely N-dealkylation sites (N-methyl/N-ethyl adjacent to an activating group) is 1. The Morgan fingerprint density at radius 2 is 1.80 bits per heavy atom. The van der Waals surface area contributed by atoms with Gasteiger partial charge < -0.3 is 29.3 Å². The number of anilines is 2. The summed E-state index contributed by atoms with van der Waals surface area (Å²) in [4.78, 5) is 56.8. The Hall–Kier alpha value is -5.63. The molecule has 2 aromatic carbocycles. The molecule has 2 unspecified atom stereocenters. The zero-order valence-electron chi connectivity index (χ0n) is 27.0. The lowest BCUT2D eigenvalue weighted by atomic mass is 9.98. The van der Waals surface area contributed by atoms with E-state index in [-0.39, 0.29) is 36.6 Å². The van der Waals surface area contributed by atoms with E-state index >= 15 is 4.39 Å². The number of ether oxygens (including phenoxy) is 1. The monoisotopic (exact) mass is 663 g/mol. The van der Waals surface area contributed by atoms with E-state index in [1.807, 2.05) is 35.6 Å². The number of pyridine rings is 1. The van der Waals surface area contributed by atoms with Crippen LogP contribution < -0.4 is 20.4 Å². The van der Waals surface area contributed by atoms with Crippen molar-refractivity contribution in [3.63, 3.8) is 0 Å². The molecular weight excluding hydrogens is 629 g/mol. The SMILES string of the molecule is CC1COc2c(N3CCN(C)CC3)c(F)cc3c(=O)c(C(=O)N4Cc5nccnc5CC4C(=O)Nc4ccc(-c5cn[nH]c5)cc4)cn1c23. The zero-order chi connectivity index (χ0) is 33.8. The lowest BCUT2D eigenvalue weighted by Gasteiger charge is -2.37. The molecule has 6 heterocycles. The summed E-state index contributed by atoms with van der Waals surface area (Å²) in [5, 5.41) is 9.75. The third-order valence-electron chi connectivity index (χ3n) is 9.68. The summed E-state index contributed by atoms with van der Waals surface area (Å²) in [6.45, 7) is 4.88. The number of H-pyrrole nitrogens is 1. The van der Waals surface area contributed by atoms with Crippen molar-refractivity contribution in [1.82, 2.24) is 34.5 Å². The lowest BCUT2D eigenvalue weighted by molar-refractivity contribution is -0.121. The number of benzene rings is 2. The number of carbonyl (C=O) groups excluding carboxylic acids is 2. The van der Waals surface area contributed by atoms with Crippen LogP contribution in [-0.2, 0) is 17.8 Å². The number of aromatic nitrogens is 5. The summed E-state index contributed by atoms with van der Waals surface area (Å²) in [7, 11) is 2.02. The molecule has 1 saturated heterocycles. The van der Waals surface area contributed by atoms with E-state index < -0.39 is 29.1 Å². The Morgan fingerprint density at radius 3 is 2.53 bits per heavy atom. The average Bonchev–Trinajstić information content (AvgIpc) is 3.66. The van der Waals surface area contributed by atoms with E-state index in [2.05, 4.69) is 30.4 Å². The molecule has 8 rings (SSSR count). The molecule has 49 heavy (non-hydrogen) atoms. The topological polar surface area (TPSA) is 142 Å². The molecule has 0 saturated carbocycles. The van der Waals surface area contributed by atoms with Crippen molar-refractivity contribution in [2.45, 2.75) is 32.0 Å². The molecule has 13 nitrogen and oxygen atoms in total. The van der Waals surface area contributed by atoms with Crippen LogP contribution in [0.5, 0.6) is 5.75 Å². The van der Waals surface area contributed by atoms with Gasteiger partial charge in [0.05, 0.1) is 41.1 Å². The first kappa shape index (κ1) is 30.7. The van der Waals surface area contributed by atoms with Gasteiger partial charge in [0, 0.05) is 68.6 Å². The molecule has 14 heteroatoms. The third kappa shape index (κ3) is 5.37. The minimum atomic E-state index is -0.991. The van der Waals surface area contributed by atoms with Crippen LogP contribution in [0.4, 0.5) is 15.8 Å². The fourth-order valence-corrected chi connectivity index (χ4v) is 6.93. The van der Waals surface area contributed by atoms with Crippen LogP contribution in [0.15, 0.2) is 66.1 Å². The first-order chi connectivity index (χ1) is 23.8. The molecule has 0 aliphatic carbocycles. The van der Waals surface area contributed by atoms with Gasteiger partial charge in [0.15, 0.2) is 11.6 Å². The van der Waals surface area contributed by atoms with Gasteiger partial charge in [0.1, 0.15) is 23.9 Å². The molecule has 3 aromatic heterocycles. The number of amides is 2. The van der Waals surface area contributed by atoms with Crippen molar-refractivity contribution < 1.29 is 18.7 Å². The van der Waals surface area contributed by atoms with E-state index in [0.717, 1.165) is 24.2 Å². The summed E-state index contributed by atoms with van der Waals surface area (Å²) < 4.78 is 23.9. The number of nitrogens with one attached hydrogen (secondary N) is 2. The predicted molar refractivity (Wildman–Crippen MR) is 180 cm³/mol. The van der Waals surface area contributed by atoms with Gasteiger partial charge >= 0.3 is 0 Å². The Balaban J connectivity index is 1.16. The van der Waals surface area contributed by atoms with Gasteiger partial charge in [-0.25, -0.2) is 4.39 Å². The molecule has 5 aromatic rings. The van der Waals surface area contributed by atoms with Crippen LogP contribution in [0.3, 0.4) is 0 Å². The average molecular weight is 664 g/mol. The van der Waals surface area contributed by atoms with Crippen LogP contribution in [-0.4, -0.2) is 92.2 Å². The van der Waals surface area contributed by atoms with Crippen LogP contribution in [0, 0.1) is 5.82 Å². The minimum Gasteiger partial charge on any atom is -0.487 e. The Morgan fingerprint density at radius 1 is 1.04 bits per heavy atom. The number of halogens is 1. The molecule has 3 aliphatic rings. The van der Waals surface area contributed by atoms with Crippen molar-refractivity contribution in [3.05, 3.63) is 94.3 Å². The molecule has 3 aliphatic heterocycles. The number of hydrogen-bond acceptors (Lipinski definition) is 9. The third-order valence-corrected chi connectivity index (χ3v) is 9.68. The first-order valence-corrected chi connectivity index (χ1v) is 16.2. The highest BCUT2D eigenvalue weighted by Gasteiger charge is 2.39. The predicted octanol–water partition coefficient (Wildman–Crippen LogP) is 3.23. The largest absolute Gasteiger partial charge is 0.487 e. The number of piperazine rings is 1. The zero-order valence-corrected chi connectivity index (χ0v) is 27.0. The van der Waals surface area contributed by atoms with Gasteiger partial charge in [-0.2, -0.15) is 5.10 Å². The highest BCUT2D eigenvalue weighted by Crippen LogP contribution is 2.42. The maximum atomic E-state index is 16.0. The van der Waals surface area contributed by atoms with Crippen molar-refractivity contribution in [2.24, 2.45) is 0 Å². The molecule has 0 spiro atoms. The van der Waals surface area contributed by atoms with Gasteiger partial charge in [-0.1, -0.05) is 12.1 Å². The smallest absolute Gasteiger partial charge is 0.260 e. The molecule has 2 N–H and O–H groups in total. The fourth-order valence-electron chi connectivity index (χ4n) is 6.93. The standard InChI is InChI=1S/C35H34FN9O4/c1-20-19-49-33-30-24(13-26(36)31(33)43-11-9-42(2)10-12-43)32(46)25(17-44(20)30)35(48)45-18-28-27(37-7-8-38-28)14-29(45)34(47)41-23-5-3-21(4-6-23)22-15-39-40-16-22/h3-8,13,15-17,20,29H,9-12,14,18-19H2,1-2H3,(H,39,40)(H,41,47). The van der Waals surface area contributed by atoms with Crippen molar-refractivity contribution in [1.29, 1.82) is 0 Å². The maximum Gasteiger partial charge on any atom is 0.260 e. The normalized spacial score (nSPS) is 19.0. The van der Waals surface area contributed by atoms with Crippen LogP contribution in [0.1, 0.15) is 34.7 Å². The van der Waals surface area contributed by atoms with Crippen LogP contribution >= 0.6 is 0 Å². The second kappa shape index (κ2) is 12.1. The summed E-state index contributed by atoms with van der Waals surface area (Å²) >= 11 is 0. The molecule has 2 amide bonds. The van der Waals surface area contributed by atoms with Crippen LogP contribution in [0.25, 0.3) is 22.0 Å². The number of hydrogen-bond donors (Lipinski definition) is 2. The molecule has 0 bridgehead atoms. The van der Waals surface area contributed by atoms with Gasteiger partial charge in [0.25, 0.3) is 5.91 Å². The van der Waals surface area contributed by atoms with E-state index in [0.29, 0.717) is 47.1 Å². The summed E-state index contributed by atoms with van der Waals surface area (Å²) in [6.07, 6.45) is 8.19. The molecule has 1 fully saturated rings. The van der Waals surface area contributed by atoms with Gasteiger partial charge in [-0.3, -0.25) is 29.5 Å². The van der Waals surface area contributed by atoms with Gasteiger partial charge in [-0.15, -0.1) is 0 Å². The minimum absolute atomic E-state index is 0.0301. The van der Waals surface area contributed by atoms with E-state index in [1.165, 1.54) is 23.4 Å². The maximum absolute atomic E-state index is 16.0. The summed E-state index contributed by atoms with van der Waals surface area (Å²) in [5.74, 6) is -1.35. The number of carbonyl (C=O) groups is 2. The van der Waals surface area contributed by atoms with Crippen molar-refractivity contribution in [3.8, 4) is 16.9 Å². The Bertz CT molecular complexity index is 2140. The van der Waals surface area contributed by atoms with E-state index in [1.54, 1.807) is 30.7 Å².